The third-order valence-electron chi connectivity index (χ3n) is 2.87. The molecule has 92 valence electrons. The largest absolute Gasteiger partial charge is 0.493 e. The van der Waals surface area contributed by atoms with Crippen molar-refractivity contribution in [2.45, 2.75) is 6.10 Å². The second kappa shape index (κ2) is 4.56. The lowest BCUT2D eigenvalue weighted by atomic mass is 10.1. The van der Waals surface area contributed by atoms with E-state index in [9.17, 15) is 0 Å². The van der Waals surface area contributed by atoms with Gasteiger partial charge < -0.3 is 14.2 Å². The highest BCUT2D eigenvalue weighted by atomic mass is 16.6. The monoisotopic (exact) mass is 243 g/mol. The van der Waals surface area contributed by atoms with Gasteiger partial charge in [0.25, 0.3) is 0 Å². The molecule has 3 rings (SSSR count). The van der Waals surface area contributed by atoms with E-state index in [1.165, 1.54) is 0 Å². The van der Waals surface area contributed by atoms with Crippen molar-refractivity contribution in [2.24, 2.45) is 0 Å². The van der Waals surface area contributed by atoms with Crippen molar-refractivity contribution in [1.82, 2.24) is 4.98 Å². The van der Waals surface area contributed by atoms with E-state index in [4.69, 9.17) is 14.2 Å². The second-order valence-corrected chi connectivity index (χ2v) is 3.99. The molecule has 0 N–H and O–H groups in total. The van der Waals surface area contributed by atoms with Crippen LogP contribution in [0.3, 0.4) is 0 Å². The van der Waals surface area contributed by atoms with E-state index in [1.807, 2.05) is 30.3 Å². The van der Waals surface area contributed by atoms with Gasteiger partial charge in [-0.05, 0) is 18.2 Å². The van der Waals surface area contributed by atoms with Crippen molar-refractivity contribution >= 4 is 0 Å². The number of hydrogen-bond acceptors (Lipinski definition) is 4. The number of benzene rings is 1. The molecule has 0 bridgehead atoms. The first-order chi connectivity index (χ1) is 8.88. The fourth-order valence-electron chi connectivity index (χ4n) is 1.96. The summed E-state index contributed by atoms with van der Waals surface area (Å²) in [4.78, 5) is 4.09. The molecular weight excluding hydrogens is 230 g/mol. The van der Waals surface area contributed by atoms with Crippen LogP contribution >= 0.6 is 0 Å². The van der Waals surface area contributed by atoms with Gasteiger partial charge in [-0.25, -0.2) is 0 Å². The molecule has 1 aliphatic rings. The van der Waals surface area contributed by atoms with E-state index in [-0.39, 0.29) is 6.10 Å². The minimum atomic E-state index is -0.150. The van der Waals surface area contributed by atoms with Crippen molar-refractivity contribution in [3.63, 3.8) is 0 Å². The average Bonchev–Trinajstić information content (AvgIpc) is 2.47. The van der Waals surface area contributed by atoms with Gasteiger partial charge in [0.05, 0.1) is 7.11 Å². The molecule has 0 radical (unpaired) electrons. The smallest absolute Gasteiger partial charge is 0.204 e. The highest BCUT2D eigenvalue weighted by Crippen LogP contribution is 2.42. The number of methoxy groups -OCH3 is 1. The Morgan fingerprint density at radius 2 is 2.22 bits per heavy atom. The molecule has 4 nitrogen and oxygen atoms in total. The predicted octanol–water partition coefficient (Wildman–Crippen LogP) is 2.60. The van der Waals surface area contributed by atoms with Crippen molar-refractivity contribution < 1.29 is 14.2 Å². The van der Waals surface area contributed by atoms with Crippen LogP contribution in [0.1, 0.15) is 11.7 Å². The maximum absolute atomic E-state index is 5.95. The summed E-state index contributed by atoms with van der Waals surface area (Å²) in [5, 5.41) is 0. The van der Waals surface area contributed by atoms with Gasteiger partial charge in [-0.15, -0.1) is 0 Å². The van der Waals surface area contributed by atoms with E-state index in [0.29, 0.717) is 18.1 Å². The molecule has 1 atom stereocenters. The van der Waals surface area contributed by atoms with Gasteiger partial charge in [-0.2, -0.15) is 0 Å². The third kappa shape index (κ3) is 1.86. The average molecular weight is 243 g/mol. The Bertz CT molecular complexity index is 528. The highest BCUT2D eigenvalue weighted by Gasteiger charge is 2.25. The summed E-state index contributed by atoms with van der Waals surface area (Å²) in [6.07, 6.45) is 3.37. The van der Waals surface area contributed by atoms with Crippen LogP contribution in [0.4, 0.5) is 0 Å². The van der Waals surface area contributed by atoms with Crippen LogP contribution in [0.15, 0.2) is 42.7 Å². The Kier molecular flexibility index (Phi) is 2.76. The molecule has 0 amide bonds. The molecule has 18 heavy (non-hydrogen) atoms. The first kappa shape index (κ1) is 10.9. The van der Waals surface area contributed by atoms with E-state index in [2.05, 4.69) is 4.98 Å². The van der Waals surface area contributed by atoms with E-state index in [1.54, 1.807) is 19.5 Å². The second-order valence-electron chi connectivity index (χ2n) is 3.99. The molecule has 4 heteroatoms. The molecule has 1 unspecified atom stereocenters. The molecule has 1 aromatic carbocycles. The molecule has 0 spiro atoms. The van der Waals surface area contributed by atoms with Crippen LogP contribution in [0.25, 0.3) is 0 Å². The maximum Gasteiger partial charge on any atom is 0.204 e. The van der Waals surface area contributed by atoms with Gasteiger partial charge >= 0.3 is 0 Å². The molecule has 1 aromatic heterocycles. The topological polar surface area (TPSA) is 40.6 Å². The predicted molar refractivity (Wildman–Crippen MR) is 66.1 cm³/mol. The fraction of sp³-hybridized carbons (Fsp3) is 0.214. The summed E-state index contributed by atoms with van der Waals surface area (Å²) in [7, 11) is 1.62. The normalized spacial score (nSPS) is 17.3. The Balaban J connectivity index is 1.93. The molecular formula is C14H13NO3. The van der Waals surface area contributed by atoms with Crippen molar-refractivity contribution in [1.29, 1.82) is 0 Å². The Morgan fingerprint density at radius 3 is 3.00 bits per heavy atom. The van der Waals surface area contributed by atoms with E-state index >= 15 is 0 Å². The van der Waals surface area contributed by atoms with Crippen LogP contribution in [-0.4, -0.2) is 18.7 Å². The number of hydrogen-bond donors (Lipinski definition) is 0. The molecule has 1 aliphatic heterocycles. The summed E-state index contributed by atoms with van der Waals surface area (Å²) in [5.74, 6) is 2.05. The number of pyridine rings is 1. The van der Waals surface area contributed by atoms with Gasteiger partial charge in [0.2, 0.25) is 5.75 Å². The number of rotatable bonds is 2. The van der Waals surface area contributed by atoms with E-state index in [0.717, 1.165) is 11.3 Å². The minimum Gasteiger partial charge on any atom is -0.493 e. The minimum absolute atomic E-state index is 0.150. The Labute approximate surface area is 105 Å². The van der Waals surface area contributed by atoms with Gasteiger partial charge in [0.1, 0.15) is 6.61 Å². The fourth-order valence-corrected chi connectivity index (χ4v) is 1.96. The summed E-state index contributed by atoms with van der Waals surface area (Å²) >= 11 is 0. The zero-order valence-electron chi connectivity index (χ0n) is 10.00. The summed E-state index contributed by atoms with van der Waals surface area (Å²) in [6, 6.07) is 9.47. The van der Waals surface area contributed by atoms with Crippen LogP contribution in [0, 0.1) is 0 Å². The lowest BCUT2D eigenvalue weighted by Gasteiger charge is -2.27. The van der Waals surface area contributed by atoms with Gasteiger partial charge in [0.15, 0.2) is 17.6 Å². The number of ether oxygens (including phenoxy) is 3. The number of para-hydroxylation sites is 1. The van der Waals surface area contributed by atoms with Crippen LogP contribution in [0.2, 0.25) is 0 Å². The lowest BCUT2D eigenvalue weighted by Crippen LogP contribution is -2.22. The molecule has 0 fully saturated rings. The third-order valence-corrected chi connectivity index (χ3v) is 2.87. The number of nitrogens with zero attached hydrogens (tertiary/aromatic N) is 1. The summed E-state index contributed by atoms with van der Waals surface area (Å²) in [5.41, 5.74) is 0.994. The van der Waals surface area contributed by atoms with Crippen LogP contribution in [0.5, 0.6) is 17.2 Å². The van der Waals surface area contributed by atoms with Gasteiger partial charge in [-0.3, -0.25) is 4.98 Å². The van der Waals surface area contributed by atoms with Crippen LogP contribution < -0.4 is 14.2 Å². The van der Waals surface area contributed by atoms with Crippen molar-refractivity contribution in [3.8, 4) is 17.2 Å². The quantitative estimate of drug-likeness (QED) is 0.813. The molecule has 0 saturated carbocycles. The van der Waals surface area contributed by atoms with E-state index < -0.39 is 0 Å². The maximum atomic E-state index is 5.95. The molecule has 2 heterocycles. The van der Waals surface area contributed by atoms with Crippen molar-refractivity contribution in [3.05, 3.63) is 48.3 Å². The molecule has 0 saturated heterocycles. The SMILES string of the molecule is COc1cccc2c1OC(c1cccnc1)CO2. The number of aromatic nitrogens is 1. The zero-order valence-corrected chi connectivity index (χ0v) is 10.00. The lowest BCUT2D eigenvalue weighted by molar-refractivity contribution is 0.0869. The summed E-state index contributed by atoms with van der Waals surface area (Å²) in [6.45, 7) is 0.478. The number of fused-ring (bicyclic) bond motifs is 1. The first-order valence-corrected chi connectivity index (χ1v) is 5.75. The molecule has 0 aliphatic carbocycles. The Hall–Kier alpha value is -2.23. The molecule has 2 aromatic rings. The first-order valence-electron chi connectivity index (χ1n) is 5.75. The van der Waals surface area contributed by atoms with Crippen LogP contribution in [-0.2, 0) is 0 Å². The highest BCUT2D eigenvalue weighted by molar-refractivity contribution is 5.52. The van der Waals surface area contributed by atoms with Crippen molar-refractivity contribution in [2.75, 3.05) is 13.7 Å². The zero-order chi connectivity index (χ0) is 12.4. The van der Waals surface area contributed by atoms with Gasteiger partial charge in [0, 0.05) is 18.0 Å². The standard InChI is InChI=1S/C14H13NO3/c1-16-11-5-2-6-12-14(11)18-13(9-17-12)10-4-3-7-15-8-10/h2-8,13H,9H2,1H3. The Morgan fingerprint density at radius 1 is 1.28 bits per heavy atom. The van der Waals surface area contributed by atoms with Gasteiger partial charge in [-0.1, -0.05) is 12.1 Å². The summed E-state index contributed by atoms with van der Waals surface area (Å²) < 4.78 is 16.9.